The van der Waals surface area contributed by atoms with E-state index in [1.54, 1.807) is 19.1 Å². The number of hydrogen-bond acceptors (Lipinski definition) is 2. The Morgan fingerprint density at radius 3 is 2.53 bits per heavy atom. The lowest BCUT2D eigenvalue weighted by atomic mass is 10.2. The summed E-state index contributed by atoms with van der Waals surface area (Å²) in [5.41, 5.74) is 0.699. The van der Waals surface area contributed by atoms with E-state index in [-0.39, 0.29) is 23.8 Å². The van der Waals surface area contributed by atoms with Crippen LogP contribution in [0.1, 0.15) is 20.8 Å². The van der Waals surface area contributed by atoms with Gasteiger partial charge in [0.1, 0.15) is 11.9 Å². The monoisotopic (exact) mass is 302 g/mol. The minimum absolute atomic E-state index is 0.0829. The van der Waals surface area contributed by atoms with Crippen LogP contribution in [0.5, 0.6) is 0 Å². The van der Waals surface area contributed by atoms with Gasteiger partial charge in [-0.25, -0.2) is 4.39 Å². The van der Waals surface area contributed by atoms with Crippen LogP contribution in [0.3, 0.4) is 0 Å². The van der Waals surface area contributed by atoms with Gasteiger partial charge in [0.2, 0.25) is 5.91 Å². The number of rotatable bonds is 4. The number of halogens is 2. The van der Waals surface area contributed by atoms with Gasteiger partial charge in [-0.1, -0.05) is 0 Å². The summed E-state index contributed by atoms with van der Waals surface area (Å²) < 4.78 is 13.4. The van der Waals surface area contributed by atoms with Crippen LogP contribution >= 0.6 is 15.9 Å². The van der Waals surface area contributed by atoms with Crippen molar-refractivity contribution in [2.75, 3.05) is 5.32 Å². The van der Waals surface area contributed by atoms with Crippen LogP contribution in [-0.4, -0.2) is 18.0 Å². The van der Waals surface area contributed by atoms with Crippen LogP contribution in [0, 0.1) is 5.82 Å². The van der Waals surface area contributed by atoms with E-state index in [0.29, 0.717) is 10.2 Å². The van der Waals surface area contributed by atoms with Crippen LogP contribution in [0.25, 0.3) is 0 Å². The van der Waals surface area contributed by atoms with Gasteiger partial charge in [0.05, 0.1) is 4.47 Å². The largest absolute Gasteiger partial charge is 0.374 e. The summed E-state index contributed by atoms with van der Waals surface area (Å²) in [5, 5.41) is 5.81. The second kappa shape index (κ2) is 6.00. The van der Waals surface area contributed by atoms with Crippen molar-refractivity contribution in [2.45, 2.75) is 32.9 Å². The maximum Gasteiger partial charge on any atom is 0.242 e. The molecule has 0 spiro atoms. The minimum Gasteiger partial charge on any atom is -0.374 e. The zero-order valence-electron chi connectivity index (χ0n) is 10.1. The Kier molecular flexibility index (Phi) is 4.93. The Morgan fingerprint density at radius 1 is 1.35 bits per heavy atom. The normalized spacial score (nSPS) is 12.4. The summed E-state index contributed by atoms with van der Waals surface area (Å²) in [7, 11) is 0. The maximum absolute atomic E-state index is 13.0. The van der Waals surface area contributed by atoms with E-state index in [0.717, 1.165) is 0 Å². The molecule has 0 saturated carbocycles. The fourth-order valence-corrected chi connectivity index (χ4v) is 1.69. The van der Waals surface area contributed by atoms with Crippen LogP contribution < -0.4 is 10.6 Å². The molecule has 0 saturated heterocycles. The van der Waals surface area contributed by atoms with E-state index in [1.165, 1.54) is 6.07 Å². The predicted molar refractivity (Wildman–Crippen MR) is 70.5 cm³/mol. The molecule has 1 amide bonds. The SMILES string of the molecule is CC(C)NC(=O)C(C)Nc1ccc(F)c(Br)c1. The number of carbonyl (C=O) groups is 1. The second-order valence-electron chi connectivity index (χ2n) is 4.16. The summed E-state index contributed by atoms with van der Waals surface area (Å²) in [4.78, 5) is 11.7. The van der Waals surface area contributed by atoms with Crippen LogP contribution in [-0.2, 0) is 4.79 Å². The van der Waals surface area contributed by atoms with Crippen molar-refractivity contribution >= 4 is 27.5 Å². The molecule has 5 heteroatoms. The third-order valence-corrected chi connectivity index (χ3v) is 2.73. The van der Waals surface area contributed by atoms with Crippen molar-refractivity contribution < 1.29 is 9.18 Å². The van der Waals surface area contributed by atoms with E-state index in [9.17, 15) is 9.18 Å². The number of amides is 1. The van der Waals surface area contributed by atoms with Gasteiger partial charge in [0, 0.05) is 11.7 Å². The molecule has 94 valence electrons. The lowest BCUT2D eigenvalue weighted by molar-refractivity contribution is -0.122. The minimum atomic E-state index is -0.366. The van der Waals surface area contributed by atoms with Gasteiger partial charge in [-0.3, -0.25) is 4.79 Å². The van der Waals surface area contributed by atoms with Gasteiger partial charge < -0.3 is 10.6 Å². The Balaban J connectivity index is 2.64. The molecule has 17 heavy (non-hydrogen) atoms. The molecule has 0 aliphatic heterocycles. The van der Waals surface area contributed by atoms with Gasteiger partial charge in [-0.15, -0.1) is 0 Å². The van der Waals surface area contributed by atoms with Gasteiger partial charge in [0.25, 0.3) is 0 Å². The van der Waals surface area contributed by atoms with Crippen LogP contribution in [0.15, 0.2) is 22.7 Å². The molecule has 1 unspecified atom stereocenters. The third kappa shape index (κ3) is 4.34. The zero-order valence-corrected chi connectivity index (χ0v) is 11.6. The number of hydrogen-bond donors (Lipinski definition) is 2. The second-order valence-corrected chi connectivity index (χ2v) is 5.01. The first kappa shape index (κ1) is 14.0. The molecule has 0 radical (unpaired) electrons. The Labute approximate surface area is 109 Å². The summed E-state index contributed by atoms with van der Waals surface area (Å²) in [6.07, 6.45) is 0. The summed E-state index contributed by atoms with van der Waals surface area (Å²) in [6.45, 7) is 5.56. The summed E-state index contributed by atoms with van der Waals surface area (Å²) in [6, 6.07) is 4.29. The zero-order chi connectivity index (χ0) is 13.0. The fourth-order valence-electron chi connectivity index (χ4n) is 1.31. The fraction of sp³-hybridized carbons (Fsp3) is 0.417. The summed E-state index contributed by atoms with van der Waals surface area (Å²) in [5.74, 6) is -0.407. The molecular weight excluding hydrogens is 287 g/mol. The van der Waals surface area contributed by atoms with Gasteiger partial charge >= 0.3 is 0 Å². The molecule has 1 atom stereocenters. The highest BCUT2D eigenvalue weighted by Crippen LogP contribution is 2.20. The number of anilines is 1. The highest BCUT2D eigenvalue weighted by molar-refractivity contribution is 9.10. The summed E-state index contributed by atoms with van der Waals surface area (Å²) >= 11 is 3.10. The maximum atomic E-state index is 13.0. The first-order chi connectivity index (χ1) is 7.90. The first-order valence-corrected chi connectivity index (χ1v) is 6.21. The molecule has 0 aliphatic carbocycles. The lowest BCUT2D eigenvalue weighted by Crippen LogP contribution is -2.40. The Morgan fingerprint density at radius 2 is 2.00 bits per heavy atom. The molecule has 0 aliphatic rings. The van der Waals surface area contributed by atoms with Crippen molar-refractivity contribution in [1.29, 1.82) is 0 Å². The van der Waals surface area contributed by atoms with Crippen molar-refractivity contribution in [3.05, 3.63) is 28.5 Å². The number of nitrogens with one attached hydrogen (secondary N) is 2. The van der Waals surface area contributed by atoms with E-state index >= 15 is 0 Å². The average Bonchev–Trinajstić information content (AvgIpc) is 2.22. The molecule has 1 aromatic carbocycles. The van der Waals surface area contributed by atoms with E-state index in [1.807, 2.05) is 13.8 Å². The first-order valence-electron chi connectivity index (χ1n) is 5.42. The number of carbonyl (C=O) groups excluding carboxylic acids is 1. The molecule has 2 N–H and O–H groups in total. The molecule has 0 fully saturated rings. The van der Waals surface area contributed by atoms with Gasteiger partial charge in [-0.2, -0.15) is 0 Å². The van der Waals surface area contributed by atoms with Gasteiger partial charge in [-0.05, 0) is 54.9 Å². The Bertz CT molecular complexity index is 409. The molecule has 3 nitrogen and oxygen atoms in total. The predicted octanol–water partition coefficient (Wildman–Crippen LogP) is 2.91. The lowest BCUT2D eigenvalue weighted by Gasteiger charge is -2.17. The van der Waals surface area contributed by atoms with Crippen LogP contribution in [0.2, 0.25) is 0 Å². The topological polar surface area (TPSA) is 41.1 Å². The molecule has 0 aromatic heterocycles. The van der Waals surface area contributed by atoms with E-state index < -0.39 is 0 Å². The van der Waals surface area contributed by atoms with Gasteiger partial charge in [0.15, 0.2) is 0 Å². The third-order valence-electron chi connectivity index (χ3n) is 2.13. The van der Waals surface area contributed by atoms with Crippen molar-refractivity contribution in [3.63, 3.8) is 0 Å². The molecule has 1 rings (SSSR count). The highest BCUT2D eigenvalue weighted by Gasteiger charge is 2.13. The highest BCUT2D eigenvalue weighted by atomic mass is 79.9. The number of benzene rings is 1. The van der Waals surface area contributed by atoms with Crippen molar-refractivity contribution in [2.24, 2.45) is 0 Å². The smallest absolute Gasteiger partial charge is 0.242 e. The van der Waals surface area contributed by atoms with E-state index in [4.69, 9.17) is 0 Å². The molecule has 0 bridgehead atoms. The molecular formula is C12H16BrFN2O. The van der Waals surface area contributed by atoms with Crippen molar-refractivity contribution in [1.82, 2.24) is 5.32 Å². The van der Waals surface area contributed by atoms with Crippen molar-refractivity contribution in [3.8, 4) is 0 Å². The van der Waals surface area contributed by atoms with E-state index in [2.05, 4.69) is 26.6 Å². The Hall–Kier alpha value is -1.10. The standard InChI is InChI=1S/C12H16BrFN2O/c1-7(2)15-12(17)8(3)16-9-4-5-11(14)10(13)6-9/h4-8,16H,1-3H3,(H,15,17). The quantitative estimate of drug-likeness (QED) is 0.898. The average molecular weight is 303 g/mol. The molecule has 0 heterocycles. The van der Waals surface area contributed by atoms with Crippen LogP contribution in [0.4, 0.5) is 10.1 Å². The molecule has 1 aromatic rings.